The molecular weight excluding hydrogens is 671 g/mol. The number of hydrogen-bond acceptors (Lipinski definition) is 15. The molecule has 3 amide bonds. The third kappa shape index (κ3) is 6.45. The molecule has 234 valence electrons. The zero-order valence-corrected chi connectivity index (χ0v) is 26.3. The van der Waals surface area contributed by atoms with Gasteiger partial charge in [-0.3, -0.25) is 19.3 Å². The Kier molecular flexibility index (Phi) is 8.78. The smallest absolute Gasteiger partial charge is 0.451 e. The van der Waals surface area contributed by atoms with Crippen molar-refractivity contribution < 1.29 is 43.6 Å². The van der Waals surface area contributed by atoms with Gasteiger partial charge in [0.25, 0.3) is 16.2 Å². The van der Waals surface area contributed by atoms with E-state index in [1.807, 2.05) is 0 Å². The molecule has 21 heteroatoms. The van der Waals surface area contributed by atoms with Crippen LogP contribution in [-0.2, 0) is 24.0 Å². The molecule has 0 spiro atoms. The van der Waals surface area contributed by atoms with Crippen LogP contribution < -0.4 is 21.4 Å². The molecule has 2 aliphatic heterocycles. The van der Waals surface area contributed by atoms with E-state index in [-0.39, 0.29) is 28.2 Å². The van der Waals surface area contributed by atoms with Crippen LogP contribution in [0.2, 0.25) is 0 Å². The molecule has 0 aromatic carbocycles. The van der Waals surface area contributed by atoms with Crippen molar-refractivity contribution in [1.82, 2.24) is 24.6 Å². The van der Waals surface area contributed by atoms with Crippen molar-refractivity contribution in [1.29, 1.82) is 0 Å². The summed E-state index contributed by atoms with van der Waals surface area (Å²) in [4.78, 5) is 76.5. The van der Waals surface area contributed by atoms with E-state index in [4.69, 9.17) is 16.3 Å². The SMILES string of the molecule is CC(C)(O/N=C(/C(=O)N[C@@H]1C(=O)N2C(C(=O)O)=C(Sc3nc(-[n+]4ccc(C(N)=O)cc4)ns3)CSC12)c1csc(N)n1)C(=O)O. The minimum atomic E-state index is -1.79. The van der Waals surface area contributed by atoms with Crippen LogP contribution in [-0.4, -0.2) is 87.6 Å². The van der Waals surface area contributed by atoms with E-state index < -0.39 is 52.4 Å². The maximum absolute atomic E-state index is 13.3. The summed E-state index contributed by atoms with van der Waals surface area (Å²) in [6.45, 7) is 2.46. The first-order valence-electron chi connectivity index (χ1n) is 12.5. The first kappa shape index (κ1) is 31.8. The number of nitrogens with zero attached hydrogens (tertiary/aromatic N) is 6. The zero-order valence-electron chi connectivity index (χ0n) is 23.1. The molecule has 17 nitrogen and oxygen atoms in total. The number of rotatable bonds is 11. The van der Waals surface area contributed by atoms with Crippen molar-refractivity contribution in [2.24, 2.45) is 10.9 Å². The number of carbonyl (C=O) groups excluding carboxylic acids is 3. The molecule has 45 heavy (non-hydrogen) atoms. The summed E-state index contributed by atoms with van der Waals surface area (Å²) in [7, 11) is 0. The second-order valence-corrected chi connectivity index (χ2v) is 13.8. The lowest BCUT2D eigenvalue weighted by molar-refractivity contribution is -0.603. The Morgan fingerprint density at radius 3 is 2.53 bits per heavy atom. The minimum absolute atomic E-state index is 0.000626. The average molecular weight is 693 g/mol. The topological polar surface area (TPSA) is 257 Å². The van der Waals surface area contributed by atoms with Gasteiger partial charge in [-0.15, -0.1) is 23.1 Å². The number of thioether (sulfide) groups is 2. The normalized spacial score (nSPS) is 18.2. The van der Waals surface area contributed by atoms with Crippen LogP contribution in [0.25, 0.3) is 5.95 Å². The predicted molar refractivity (Wildman–Crippen MR) is 161 cm³/mol. The second kappa shape index (κ2) is 12.4. The fourth-order valence-corrected chi connectivity index (χ4v) is 7.64. The van der Waals surface area contributed by atoms with Gasteiger partial charge in [-0.1, -0.05) is 5.16 Å². The predicted octanol–water partition coefficient (Wildman–Crippen LogP) is 0.0247. The molecule has 5 heterocycles. The summed E-state index contributed by atoms with van der Waals surface area (Å²) in [5.74, 6) is -4.37. The molecule has 5 rings (SSSR count). The van der Waals surface area contributed by atoms with Gasteiger partial charge in [0.2, 0.25) is 11.5 Å². The number of β-lactam (4-membered cyclic amide) rings is 1. The molecule has 2 aliphatic rings. The third-order valence-electron chi connectivity index (χ3n) is 6.23. The van der Waals surface area contributed by atoms with Crippen LogP contribution in [0, 0.1) is 0 Å². The molecule has 7 N–H and O–H groups in total. The Hall–Kier alpha value is -4.60. The van der Waals surface area contributed by atoms with E-state index in [2.05, 4.69) is 24.8 Å². The van der Waals surface area contributed by atoms with E-state index in [0.717, 1.165) is 39.5 Å². The number of thiazole rings is 1. The van der Waals surface area contributed by atoms with Crippen molar-refractivity contribution in [3.8, 4) is 5.95 Å². The number of amides is 3. The highest BCUT2D eigenvalue weighted by atomic mass is 32.2. The molecule has 1 unspecified atom stereocenters. The standard InChI is InChI=1S/C24H21N9O8S4/c1-24(2,20(39)40)41-30-12(10-7-43-21(26)27-10)16(35)28-13-17(36)33-14(19(37)38)11(8-42-18(13)33)44-23-29-22(31-45-23)32-5-3-9(4-6-32)15(25)34/h3-7,13,18H,8H2,1-2H3,(H6-,25,26,27,28,34,35,37,38,39,40)/p+1/b30-12+/t13-,18?/m1/s1. The number of nitrogens with two attached hydrogens (primary N) is 2. The number of primary amides is 1. The van der Waals surface area contributed by atoms with E-state index >= 15 is 0 Å². The zero-order chi connectivity index (χ0) is 32.6. The lowest BCUT2D eigenvalue weighted by Crippen LogP contribution is -2.71. The average Bonchev–Trinajstić information content (AvgIpc) is 3.64. The van der Waals surface area contributed by atoms with Gasteiger partial charge in [-0.2, -0.15) is 0 Å². The number of pyridine rings is 1. The molecule has 1 saturated heterocycles. The van der Waals surface area contributed by atoms with Gasteiger partial charge in [-0.05, 0) is 42.7 Å². The van der Waals surface area contributed by atoms with Crippen molar-refractivity contribution in [3.05, 3.63) is 51.8 Å². The first-order valence-corrected chi connectivity index (χ1v) is 16.0. The van der Waals surface area contributed by atoms with Crippen LogP contribution in [0.1, 0.15) is 29.9 Å². The molecule has 3 aromatic heterocycles. The number of aliphatic carboxylic acids is 2. The summed E-state index contributed by atoms with van der Waals surface area (Å²) in [6, 6.07) is 1.90. The van der Waals surface area contributed by atoms with E-state index in [1.54, 1.807) is 17.0 Å². The molecule has 0 saturated carbocycles. The molecule has 3 aromatic rings. The Bertz CT molecular complexity index is 1790. The van der Waals surface area contributed by atoms with Crippen LogP contribution in [0.15, 0.2) is 50.0 Å². The number of carboxylic acids is 2. The highest BCUT2D eigenvalue weighted by Gasteiger charge is 2.55. The number of aromatic nitrogens is 4. The fourth-order valence-electron chi connectivity index (χ4n) is 3.86. The van der Waals surface area contributed by atoms with Gasteiger partial charge in [0, 0.05) is 26.0 Å². The number of carbonyl (C=O) groups is 5. The minimum Gasteiger partial charge on any atom is -0.478 e. The van der Waals surface area contributed by atoms with Gasteiger partial charge >= 0.3 is 17.9 Å². The molecular formula is C24H22N9O8S4+. The molecule has 0 bridgehead atoms. The summed E-state index contributed by atoms with van der Waals surface area (Å²) in [6.07, 6.45) is 3.12. The number of nitrogens with one attached hydrogen (secondary N) is 1. The third-order valence-corrected chi connectivity index (χ3v) is 10.2. The maximum atomic E-state index is 13.3. The van der Waals surface area contributed by atoms with Crippen LogP contribution >= 0.6 is 46.4 Å². The highest BCUT2D eigenvalue weighted by Crippen LogP contribution is 2.45. The number of anilines is 1. The highest BCUT2D eigenvalue weighted by molar-refractivity contribution is 8.07. The fraction of sp³-hybridized carbons (Fsp3) is 0.250. The molecule has 0 radical (unpaired) electrons. The number of fused-ring (bicyclic) bond motifs is 1. The summed E-state index contributed by atoms with van der Waals surface area (Å²) < 4.78 is 6.24. The lowest BCUT2D eigenvalue weighted by Gasteiger charge is -2.49. The summed E-state index contributed by atoms with van der Waals surface area (Å²) in [5, 5.41) is 26.4. The van der Waals surface area contributed by atoms with Gasteiger partial charge in [0.1, 0.15) is 34.3 Å². The maximum Gasteiger partial charge on any atom is 0.451 e. The summed E-state index contributed by atoms with van der Waals surface area (Å²) >= 11 is 4.31. The van der Waals surface area contributed by atoms with Crippen molar-refractivity contribution in [2.75, 3.05) is 11.5 Å². The van der Waals surface area contributed by atoms with E-state index in [0.29, 0.717) is 14.8 Å². The summed E-state index contributed by atoms with van der Waals surface area (Å²) in [5.41, 5.74) is 8.82. The number of nitrogen functional groups attached to an aromatic ring is 1. The quantitative estimate of drug-likeness (QED) is 0.0769. The number of oxime groups is 1. The molecule has 2 atom stereocenters. The van der Waals surface area contributed by atoms with Gasteiger partial charge in [0.15, 0.2) is 10.8 Å². The van der Waals surface area contributed by atoms with Gasteiger partial charge in [0.05, 0.1) is 12.4 Å². The Morgan fingerprint density at radius 1 is 1.22 bits per heavy atom. The van der Waals surface area contributed by atoms with Crippen LogP contribution in [0.3, 0.4) is 0 Å². The van der Waals surface area contributed by atoms with Crippen LogP contribution in [0.4, 0.5) is 5.13 Å². The number of carboxylic acid groups (broad SMARTS) is 2. The second-order valence-electron chi connectivity index (χ2n) is 9.68. The van der Waals surface area contributed by atoms with E-state index in [1.165, 1.54) is 43.1 Å². The van der Waals surface area contributed by atoms with Crippen LogP contribution in [0.5, 0.6) is 0 Å². The first-order chi connectivity index (χ1) is 21.3. The number of hydrogen-bond donors (Lipinski definition) is 5. The Morgan fingerprint density at radius 2 is 1.93 bits per heavy atom. The van der Waals surface area contributed by atoms with Crippen molar-refractivity contribution in [3.63, 3.8) is 0 Å². The van der Waals surface area contributed by atoms with Crippen molar-refractivity contribution in [2.45, 2.75) is 35.2 Å². The molecule has 1 fully saturated rings. The Balaban J connectivity index is 1.33. The van der Waals surface area contributed by atoms with Crippen molar-refractivity contribution >= 4 is 86.9 Å². The lowest BCUT2D eigenvalue weighted by atomic mass is 10.0. The van der Waals surface area contributed by atoms with Gasteiger partial charge in [-0.25, -0.2) is 19.1 Å². The molecule has 0 aliphatic carbocycles. The van der Waals surface area contributed by atoms with E-state index in [9.17, 15) is 34.2 Å². The monoisotopic (exact) mass is 692 g/mol. The van der Waals surface area contributed by atoms with Gasteiger partial charge < -0.3 is 31.8 Å². The Labute approximate surface area is 269 Å². The largest absolute Gasteiger partial charge is 0.478 e.